The van der Waals surface area contributed by atoms with E-state index < -0.39 is 13.7 Å². The maximum atomic E-state index is 12.6. The van der Waals surface area contributed by atoms with E-state index in [1.54, 1.807) is 6.92 Å². The topological polar surface area (TPSA) is 35.5 Å². The van der Waals surface area contributed by atoms with Crippen molar-refractivity contribution in [3.05, 3.63) is 0 Å². The van der Waals surface area contributed by atoms with Crippen LogP contribution in [0.4, 0.5) is 0 Å². The molecule has 136 valence electrons. The Balaban J connectivity index is 3.78. The van der Waals surface area contributed by atoms with E-state index in [0.717, 1.165) is 25.7 Å². The average Bonchev–Trinajstić information content (AvgIpc) is 2.54. The molecule has 0 rings (SSSR count). The van der Waals surface area contributed by atoms with Crippen LogP contribution in [-0.2, 0) is 13.6 Å². The Morgan fingerprint density at radius 1 is 0.913 bits per heavy atom. The Morgan fingerprint density at radius 3 is 1.96 bits per heavy atom. The fourth-order valence-corrected chi connectivity index (χ4v) is 4.34. The summed E-state index contributed by atoms with van der Waals surface area (Å²) in [7, 11) is -3.03. The largest absolute Gasteiger partial charge is 0.331 e. The van der Waals surface area contributed by atoms with Gasteiger partial charge in [-0.2, -0.15) is 0 Å². The molecule has 0 aromatic heterocycles. The minimum atomic E-state index is -3.03. The van der Waals surface area contributed by atoms with Crippen molar-refractivity contribution < 1.29 is 13.6 Å². The van der Waals surface area contributed by atoms with E-state index in [0.29, 0.717) is 12.8 Å². The molecule has 0 N–H and O–H groups in total. The minimum absolute atomic E-state index is 0.458. The Hall–Kier alpha value is -0.290. The SMILES string of the molecule is C#CC(C)OP(=O)(CCCC)OCCCCCCCCCCC. The van der Waals surface area contributed by atoms with Crippen molar-refractivity contribution in [2.45, 2.75) is 97.5 Å². The van der Waals surface area contributed by atoms with E-state index in [2.05, 4.69) is 19.8 Å². The predicted octanol–water partition coefficient (Wildman–Crippen LogP) is 6.57. The molecule has 0 saturated heterocycles. The molecule has 0 radical (unpaired) electrons. The molecule has 0 bridgehead atoms. The Labute approximate surface area is 144 Å². The van der Waals surface area contributed by atoms with Gasteiger partial charge in [0.15, 0.2) is 0 Å². The van der Waals surface area contributed by atoms with Crippen molar-refractivity contribution in [3.8, 4) is 12.3 Å². The smallest absolute Gasteiger partial charge is 0.309 e. The standard InChI is InChI=1S/C19H37O3P/c1-5-8-10-11-12-13-14-15-16-17-21-23(20,18-9-6-2)22-19(4)7-3/h3,19H,5-6,8-18H2,1-2,4H3. The molecule has 4 heteroatoms. The lowest BCUT2D eigenvalue weighted by Gasteiger charge is -2.20. The molecule has 0 amide bonds. The second-order valence-corrected chi connectivity index (χ2v) is 8.40. The zero-order valence-electron chi connectivity index (χ0n) is 15.5. The maximum absolute atomic E-state index is 12.6. The lowest BCUT2D eigenvalue weighted by molar-refractivity contribution is 0.183. The molecule has 2 unspecified atom stereocenters. The molecular formula is C19H37O3P. The highest BCUT2D eigenvalue weighted by Crippen LogP contribution is 2.50. The van der Waals surface area contributed by atoms with Gasteiger partial charge in [-0.1, -0.05) is 77.6 Å². The van der Waals surface area contributed by atoms with Gasteiger partial charge >= 0.3 is 7.60 Å². The third kappa shape index (κ3) is 13.8. The van der Waals surface area contributed by atoms with Crippen molar-refractivity contribution >= 4 is 7.60 Å². The van der Waals surface area contributed by atoms with Gasteiger partial charge in [-0.3, -0.25) is 9.09 Å². The number of hydrogen-bond donors (Lipinski definition) is 0. The fourth-order valence-electron chi connectivity index (χ4n) is 2.39. The van der Waals surface area contributed by atoms with E-state index in [-0.39, 0.29) is 0 Å². The summed E-state index contributed by atoms with van der Waals surface area (Å²) in [5.74, 6) is 2.46. The lowest BCUT2D eigenvalue weighted by atomic mass is 10.1. The predicted molar refractivity (Wildman–Crippen MR) is 99.9 cm³/mol. The van der Waals surface area contributed by atoms with E-state index >= 15 is 0 Å². The van der Waals surface area contributed by atoms with Crippen molar-refractivity contribution in [2.24, 2.45) is 0 Å². The number of hydrogen-bond acceptors (Lipinski definition) is 3. The number of unbranched alkanes of at least 4 members (excludes halogenated alkanes) is 9. The Morgan fingerprint density at radius 2 is 1.43 bits per heavy atom. The normalized spacial score (nSPS) is 15.0. The summed E-state index contributed by atoms with van der Waals surface area (Å²) in [6, 6.07) is 0. The van der Waals surface area contributed by atoms with Crippen molar-refractivity contribution in [2.75, 3.05) is 12.8 Å². The quantitative estimate of drug-likeness (QED) is 0.180. The van der Waals surface area contributed by atoms with E-state index in [9.17, 15) is 4.57 Å². The fraction of sp³-hybridized carbons (Fsp3) is 0.895. The second kappa shape index (κ2) is 15.3. The van der Waals surface area contributed by atoms with Crippen molar-refractivity contribution in [3.63, 3.8) is 0 Å². The highest BCUT2D eigenvalue weighted by molar-refractivity contribution is 7.53. The molecule has 0 aliphatic carbocycles. The monoisotopic (exact) mass is 344 g/mol. The van der Waals surface area contributed by atoms with Gasteiger partial charge in [0.2, 0.25) is 0 Å². The second-order valence-electron chi connectivity index (χ2n) is 6.26. The van der Waals surface area contributed by atoms with E-state index in [1.807, 2.05) is 0 Å². The van der Waals surface area contributed by atoms with Gasteiger partial charge in [0.05, 0.1) is 12.8 Å². The van der Waals surface area contributed by atoms with E-state index in [4.69, 9.17) is 15.5 Å². The van der Waals surface area contributed by atoms with Crippen LogP contribution in [0.15, 0.2) is 0 Å². The molecule has 2 atom stereocenters. The van der Waals surface area contributed by atoms with Gasteiger partial charge in [0, 0.05) is 0 Å². The third-order valence-electron chi connectivity index (χ3n) is 3.87. The maximum Gasteiger partial charge on any atom is 0.331 e. The Kier molecular flexibility index (Phi) is 15.1. The molecule has 0 aromatic rings. The summed E-state index contributed by atoms with van der Waals surface area (Å²) in [4.78, 5) is 0. The molecule has 0 aromatic carbocycles. The number of rotatable bonds is 16. The first-order valence-electron chi connectivity index (χ1n) is 9.46. The molecule has 0 fully saturated rings. The van der Waals surface area contributed by atoms with Crippen LogP contribution in [0.1, 0.15) is 91.4 Å². The lowest BCUT2D eigenvalue weighted by Crippen LogP contribution is -2.08. The molecule has 0 aliphatic rings. The van der Waals surface area contributed by atoms with Gasteiger partial charge < -0.3 is 4.52 Å². The molecule has 0 heterocycles. The molecule has 0 aliphatic heterocycles. The first-order chi connectivity index (χ1) is 11.1. The summed E-state index contributed by atoms with van der Waals surface area (Å²) in [6.07, 6.45) is 18.4. The van der Waals surface area contributed by atoms with Gasteiger partial charge in [-0.25, -0.2) is 0 Å². The number of terminal acetylenes is 1. The molecule has 3 nitrogen and oxygen atoms in total. The van der Waals surface area contributed by atoms with Crippen molar-refractivity contribution in [1.82, 2.24) is 0 Å². The zero-order valence-corrected chi connectivity index (χ0v) is 16.4. The molecule has 0 spiro atoms. The summed E-state index contributed by atoms with van der Waals surface area (Å²) in [5, 5.41) is 0. The Bertz CT molecular complexity index is 349. The van der Waals surface area contributed by atoms with Crippen LogP contribution in [0.3, 0.4) is 0 Å². The van der Waals surface area contributed by atoms with Gasteiger partial charge in [-0.15, -0.1) is 6.42 Å². The van der Waals surface area contributed by atoms with Crippen molar-refractivity contribution in [1.29, 1.82) is 0 Å². The highest BCUT2D eigenvalue weighted by Gasteiger charge is 2.25. The van der Waals surface area contributed by atoms with Crippen LogP contribution in [0.25, 0.3) is 0 Å². The molecule has 0 saturated carbocycles. The third-order valence-corrected chi connectivity index (χ3v) is 5.95. The first-order valence-corrected chi connectivity index (χ1v) is 11.2. The van der Waals surface area contributed by atoms with Gasteiger partial charge in [0.1, 0.15) is 6.10 Å². The van der Waals surface area contributed by atoms with Gasteiger partial charge in [0.25, 0.3) is 0 Å². The first kappa shape index (κ1) is 22.7. The summed E-state index contributed by atoms with van der Waals surface area (Å²) >= 11 is 0. The zero-order chi connectivity index (χ0) is 17.4. The minimum Gasteiger partial charge on any atom is -0.309 e. The van der Waals surface area contributed by atoms with Crippen LogP contribution in [0.2, 0.25) is 0 Å². The highest BCUT2D eigenvalue weighted by atomic mass is 31.2. The average molecular weight is 344 g/mol. The van der Waals surface area contributed by atoms with Gasteiger partial charge in [-0.05, 0) is 19.8 Å². The molecular weight excluding hydrogens is 307 g/mol. The van der Waals surface area contributed by atoms with Crippen LogP contribution in [0, 0.1) is 12.3 Å². The van der Waals surface area contributed by atoms with Crippen LogP contribution in [-0.4, -0.2) is 18.9 Å². The van der Waals surface area contributed by atoms with Crippen LogP contribution >= 0.6 is 7.60 Å². The summed E-state index contributed by atoms with van der Waals surface area (Å²) < 4.78 is 23.7. The summed E-state index contributed by atoms with van der Waals surface area (Å²) in [6.45, 7) is 6.55. The summed E-state index contributed by atoms with van der Waals surface area (Å²) in [5.41, 5.74) is 0. The van der Waals surface area contributed by atoms with E-state index in [1.165, 1.54) is 44.9 Å². The molecule has 23 heavy (non-hydrogen) atoms. The van der Waals surface area contributed by atoms with Crippen LogP contribution in [0.5, 0.6) is 0 Å². The van der Waals surface area contributed by atoms with Crippen LogP contribution < -0.4 is 0 Å².